The second-order valence-corrected chi connectivity index (χ2v) is 3.12. The SMILES string of the molecule is CCc1nc(CNC(=O)c2ccco2)no1. The zero-order valence-corrected chi connectivity index (χ0v) is 8.77. The van der Waals surface area contributed by atoms with Crippen molar-refractivity contribution in [2.45, 2.75) is 19.9 Å². The Balaban J connectivity index is 1.90. The van der Waals surface area contributed by atoms with E-state index in [1.54, 1.807) is 12.1 Å². The number of furan rings is 1. The van der Waals surface area contributed by atoms with E-state index in [1.165, 1.54) is 6.26 Å². The molecule has 0 unspecified atom stereocenters. The average molecular weight is 221 g/mol. The molecule has 0 spiro atoms. The van der Waals surface area contributed by atoms with Crippen molar-refractivity contribution in [2.24, 2.45) is 0 Å². The van der Waals surface area contributed by atoms with Crippen LogP contribution in [0.15, 0.2) is 27.3 Å². The van der Waals surface area contributed by atoms with Crippen LogP contribution >= 0.6 is 0 Å². The Morgan fingerprint density at radius 1 is 1.56 bits per heavy atom. The monoisotopic (exact) mass is 221 g/mol. The fraction of sp³-hybridized carbons (Fsp3) is 0.300. The van der Waals surface area contributed by atoms with Crippen molar-refractivity contribution in [1.82, 2.24) is 15.5 Å². The van der Waals surface area contributed by atoms with Gasteiger partial charge in [0.25, 0.3) is 5.91 Å². The molecule has 0 aliphatic rings. The van der Waals surface area contributed by atoms with Crippen LogP contribution in [-0.2, 0) is 13.0 Å². The molecule has 2 aromatic rings. The molecule has 1 amide bonds. The highest BCUT2D eigenvalue weighted by Crippen LogP contribution is 2.01. The van der Waals surface area contributed by atoms with E-state index in [1.807, 2.05) is 6.92 Å². The predicted octanol–water partition coefficient (Wildman–Crippen LogP) is 1.16. The summed E-state index contributed by atoms with van der Waals surface area (Å²) in [5, 5.41) is 6.33. The first-order valence-corrected chi connectivity index (χ1v) is 4.92. The van der Waals surface area contributed by atoms with Crippen LogP contribution in [-0.4, -0.2) is 16.0 Å². The molecule has 2 rings (SSSR count). The van der Waals surface area contributed by atoms with E-state index in [-0.39, 0.29) is 18.2 Å². The maximum absolute atomic E-state index is 11.5. The van der Waals surface area contributed by atoms with Crippen molar-refractivity contribution in [2.75, 3.05) is 0 Å². The number of aromatic nitrogens is 2. The van der Waals surface area contributed by atoms with E-state index < -0.39 is 0 Å². The molecule has 84 valence electrons. The lowest BCUT2D eigenvalue weighted by Crippen LogP contribution is -2.22. The molecule has 16 heavy (non-hydrogen) atoms. The maximum Gasteiger partial charge on any atom is 0.287 e. The standard InChI is InChI=1S/C10H11N3O3/c1-2-9-12-8(13-16-9)6-11-10(14)7-4-3-5-15-7/h3-5H,2,6H2,1H3,(H,11,14). The number of carbonyl (C=O) groups is 1. The normalized spacial score (nSPS) is 10.3. The van der Waals surface area contributed by atoms with E-state index in [4.69, 9.17) is 8.94 Å². The minimum atomic E-state index is -0.298. The lowest BCUT2D eigenvalue weighted by atomic mass is 10.4. The lowest BCUT2D eigenvalue weighted by molar-refractivity contribution is 0.0922. The van der Waals surface area contributed by atoms with E-state index in [0.717, 1.165) is 0 Å². The van der Waals surface area contributed by atoms with Crippen LogP contribution in [0.2, 0.25) is 0 Å². The second kappa shape index (κ2) is 4.61. The van der Waals surface area contributed by atoms with Gasteiger partial charge in [0.15, 0.2) is 11.6 Å². The van der Waals surface area contributed by atoms with Gasteiger partial charge in [0.2, 0.25) is 5.89 Å². The van der Waals surface area contributed by atoms with Gasteiger partial charge in [0.1, 0.15) is 0 Å². The number of amides is 1. The molecule has 6 heteroatoms. The summed E-state index contributed by atoms with van der Waals surface area (Å²) in [6.45, 7) is 2.14. The van der Waals surface area contributed by atoms with Crippen molar-refractivity contribution in [1.29, 1.82) is 0 Å². The molecule has 0 atom stereocenters. The number of carbonyl (C=O) groups excluding carboxylic acids is 1. The minimum Gasteiger partial charge on any atom is -0.459 e. The highest BCUT2D eigenvalue weighted by atomic mass is 16.5. The zero-order chi connectivity index (χ0) is 11.4. The summed E-state index contributed by atoms with van der Waals surface area (Å²) in [5.74, 6) is 0.978. The van der Waals surface area contributed by atoms with Crippen molar-refractivity contribution < 1.29 is 13.7 Å². The minimum absolute atomic E-state index is 0.225. The molecule has 0 aromatic carbocycles. The van der Waals surface area contributed by atoms with Gasteiger partial charge in [-0.05, 0) is 12.1 Å². The van der Waals surface area contributed by atoms with Crippen LogP contribution in [0.1, 0.15) is 29.2 Å². The summed E-state index contributed by atoms with van der Waals surface area (Å²) in [5.41, 5.74) is 0. The predicted molar refractivity (Wildman–Crippen MR) is 53.6 cm³/mol. The summed E-state index contributed by atoms with van der Waals surface area (Å²) in [7, 11) is 0. The van der Waals surface area contributed by atoms with Crippen LogP contribution in [0.4, 0.5) is 0 Å². The molecule has 1 N–H and O–H groups in total. The first kappa shape index (κ1) is 10.4. The average Bonchev–Trinajstić information content (AvgIpc) is 2.96. The molecule has 0 fully saturated rings. The van der Waals surface area contributed by atoms with Gasteiger partial charge in [-0.1, -0.05) is 12.1 Å². The fourth-order valence-electron chi connectivity index (χ4n) is 1.16. The molecular weight excluding hydrogens is 210 g/mol. The zero-order valence-electron chi connectivity index (χ0n) is 8.77. The Kier molecular flexibility index (Phi) is 3.00. The first-order valence-electron chi connectivity index (χ1n) is 4.92. The van der Waals surface area contributed by atoms with Gasteiger partial charge in [-0.15, -0.1) is 0 Å². The van der Waals surface area contributed by atoms with Gasteiger partial charge >= 0.3 is 0 Å². The number of hydrogen-bond acceptors (Lipinski definition) is 5. The third-order valence-electron chi connectivity index (χ3n) is 1.96. The number of nitrogens with zero attached hydrogens (tertiary/aromatic N) is 2. The number of nitrogens with one attached hydrogen (secondary N) is 1. The number of hydrogen-bond donors (Lipinski definition) is 1. The molecule has 0 aliphatic carbocycles. The van der Waals surface area contributed by atoms with Gasteiger partial charge in [-0.25, -0.2) is 0 Å². The highest BCUT2D eigenvalue weighted by Gasteiger charge is 2.10. The van der Waals surface area contributed by atoms with Crippen LogP contribution in [0.3, 0.4) is 0 Å². The molecule has 2 heterocycles. The molecule has 0 aliphatic heterocycles. The van der Waals surface area contributed by atoms with Gasteiger partial charge in [-0.3, -0.25) is 4.79 Å². The Morgan fingerprint density at radius 2 is 2.44 bits per heavy atom. The third-order valence-corrected chi connectivity index (χ3v) is 1.96. The van der Waals surface area contributed by atoms with E-state index >= 15 is 0 Å². The fourth-order valence-corrected chi connectivity index (χ4v) is 1.16. The van der Waals surface area contributed by atoms with Gasteiger partial charge in [0, 0.05) is 6.42 Å². The van der Waals surface area contributed by atoms with E-state index in [2.05, 4.69) is 15.5 Å². The Bertz CT molecular complexity index is 461. The summed E-state index contributed by atoms with van der Waals surface area (Å²) in [4.78, 5) is 15.5. The Morgan fingerprint density at radius 3 is 3.06 bits per heavy atom. The van der Waals surface area contributed by atoms with Crippen molar-refractivity contribution in [3.05, 3.63) is 35.9 Å². The molecule has 0 bridgehead atoms. The largest absolute Gasteiger partial charge is 0.459 e. The van der Waals surface area contributed by atoms with Crippen LogP contribution in [0.25, 0.3) is 0 Å². The molecule has 6 nitrogen and oxygen atoms in total. The number of rotatable bonds is 4. The summed E-state index contributed by atoms with van der Waals surface area (Å²) < 4.78 is 9.83. The second-order valence-electron chi connectivity index (χ2n) is 3.12. The Labute approximate surface area is 91.6 Å². The maximum atomic E-state index is 11.5. The molecule has 2 aromatic heterocycles. The van der Waals surface area contributed by atoms with E-state index in [0.29, 0.717) is 18.1 Å². The smallest absolute Gasteiger partial charge is 0.287 e. The van der Waals surface area contributed by atoms with Gasteiger partial charge < -0.3 is 14.3 Å². The first-order chi connectivity index (χ1) is 7.79. The van der Waals surface area contributed by atoms with Crippen molar-refractivity contribution in [3.8, 4) is 0 Å². The lowest BCUT2D eigenvalue weighted by Gasteiger charge is -1.97. The van der Waals surface area contributed by atoms with Gasteiger partial charge in [-0.2, -0.15) is 4.98 Å². The third kappa shape index (κ3) is 2.28. The molecule has 0 saturated heterocycles. The van der Waals surface area contributed by atoms with Crippen molar-refractivity contribution >= 4 is 5.91 Å². The quantitative estimate of drug-likeness (QED) is 0.837. The Hall–Kier alpha value is -2.11. The van der Waals surface area contributed by atoms with Crippen molar-refractivity contribution in [3.63, 3.8) is 0 Å². The molecule has 0 radical (unpaired) electrons. The van der Waals surface area contributed by atoms with E-state index in [9.17, 15) is 4.79 Å². The molecular formula is C10H11N3O3. The highest BCUT2D eigenvalue weighted by molar-refractivity contribution is 5.91. The summed E-state index contributed by atoms with van der Waals surface area (Å²) >= 11 is 0. The number of aryl methyl sites for hydroxylation is 1. The molecule has 0 saturated carbocycles. The summed E-state index contributed by atoms with van der Waals surface area (Å²) in [6, 6.07) is 3.24. The topological polar surface area (TPSA) is 81.2 Å². The van der Waals surface area contributed by atoms with Crippen LogP contribution in [0.5, 0.6) is 0 Å². The summed E-state index contributed by atoms with van der Waals surface area (Å²) in [6.07, 6.45) is 2.12. The van der Waals surface area contributed by atoms with Crippen LogP contribution < -0.4 is 5.32 Å². The van der Waals surface area contributed by atoms with Crippen LogP contribution in [0, 0.1) is 0 Å². The van der Waals surface area contributed by atoms with Gasteiger partial charge in [0.05, 0.1) is 12.8 Å².